The van der Waals surface area contributed by atoms with Crippen LogP contribution in [0.3, 0.4) is 0 Å². The summed E-state index contributed by atoms with van der Waals surface area (Å²) >= 11 is 0. The molecule has 0 heteroatoms. The lowest BCUT2D eigenvalue weighted by atomic mass is 9.89. The molecule has 0 aromatic carbocycles. The second-order valence-corrected chi connectivity index (χ2v) is 9.95. The van der Waals surface area contributed by atoms with E-state index in [1.807, 2.05) is 0 Å². The number of unbranched alkanes of at least 4 members (excludes halogenated alkanes) is 19. The van der Waals surface area contributed by atoms with Gasteiger partial charge in [-0.3, -0.25) is 0 Å². The second kappa shape index (κ2) is 26.0. The van der Waals surface area contributed by atoms with E-state index in [1.165, 1.54) is 161 Å². The lowest BCUT2D eigenvalue weighted by molar-refractivity contribution is 0.366. The van der Waals surface area contributed by atoms with Crippen molar-refractivity contribution in [3.05, 3.63) is 0 Å². The summed E-state index contributed by atoms with van der Waals surface area (Å²) in [7, 11) is 0. The summed E-state index contributed by atoms with van der Waals surface area (Å²) in [5.74, 6) is 1.04. The molecule has 0 unspecified atom stereocenters. The van der Waals surface area contributed by atoms with Crippen molar-refractivity contribution in [2.45, 2.75) is 181 Å². The fourth-order valence-electron chi connectivity index (χ4n) is 4.78. The van der Waals surface area contributed by atoms with Gasteiger partial charge in [-0.1, -0.05) is 181 Å². The van der Waals surface area contributed by atoms with E-state index >= 15 is 0 Å². The van der Waals surface area contributed by atoms with Gasteiger partial charge in [0, 0.05) is 0 Å². The minimum atomic E-state index is 1.04. The summed E-state index contributed by atoms with van der Waals surface area (Å²) in [5, 5.41) is 0. The lowest BCUT2D eigenvalue weighted by Gasteiger charge is -2.17. The topological polar surface area (TPSA) is 0 Å². The standard InChI is InChI=1S/C29H60/c1-4-7-10-13-14-15-16-17-18-19-22-25-28-29(26-23-20-11-8-5-2)27-24-21-12-9-6-3/h29H,4-28H2,1-3H3. The van der Waals surface area contributed by atoms with E-state index in [0.29, 0.717) is 0 Å². The Kier molecular flexibility index (Phi) is 26.0. The van der Waals surface area contributed by atoms with E-state index in [-0.39, 0.29) is 0 Å². The Bertz CT molecular complexity index is 255. The first-order valence-corrected chi connectivity index (χ1v) is 14.3. The maximum Gasteiger partial charge on any atom is -0.0414 e. The molecule has 0 aliphatic carbocycles. The zero-order chi connectivity index (χ0) is 21.3. The van der Waals surface area contributed by atoms with E-state index in [4.69, 9.17) is 0 Å². The van der Waals surface area contributed by atoms with Gasteiger partial charge in [-0.05, 0) is 5.92 Å². The predicted octanol–water partition coefficient (Wildman–Crippen LogP) is 11.4. The molecule has 0 heterocycles. The van der Waals surface area contributed by atoms with Gasteiger partial charge in [-0.15, -0.1) is 0 Å². The molecule has 0 atom stereocenters. The van der Waals surface area contributed by atoms with Crippen molar-refractivity contribution >= 4 is 0 Å². The van der Waals surface area contributed by atoms with E-state index in [2.05, 4.69) is 20.8 Å². The molecule has 0 bridgehead atoms. The SMILES string of the molecule is CCCCCCCCCCCCCCC(CCCCCCC)CCCCCCC. The summed E-state index contributed by atoms with van der Waals surface area (Å²) < 4.78 is 0. The summed E-state index contributed by atoms with van der Waals surface area (Å²) in [4.78, 5) is 0. The maximum absolute atomic E-state index is 2.33. The second-order valence-electron chi connectivity index (χ2n) is 9.95. The van der Waals surface area contributed by atoms with E-state index in [9.17, 15) is 0 Å². The molecule has 0 rings (SSSR count). The molecule has 0 fully saturated rings. The van der Waals surface area contributed by atoms with Gasteiger partial charge in [-0.25, -0.2) is 0 Å². The van der Waals surface area contributed by atoms with Crippen molar-refractivity contribution in [3.63, 3.8) is 0 Å². The van der Waals surface area contributed by atoms with Crippen LogP contribution in [0, 0.1) is 5.92 Å². The minimum Gasteiger partial charge on any atom is -0.0654 e. The summed E-state index contributed by atoms with van der Waals surface area (Å²) in [6, 6.07) is 0. The molecule has 0 aliphatic rings. The molecule has 0 aliphatic heterocycles. The first-order chi connectivity index (χ1) is 14.3. The van der Waals surface area contributed by atoms with Gasteiger partial charge < -0.3 is 0 Å². The van der Waals surface area contributed by atoms with Gasteiger partial charge in [0.25, 0.3) is 0 Å². The first-order valence-electron chi connectivity index (χ1n) is 14.3. The Morgan fingerprint density at radius 2 is 0.483 bits per heavy atom. The van der Waals surface area contributed by atoms with Crippen LogP contribution in [0.1, 0.15) is 181 Å². The molecule has 0 spiro atoms. The fourth-order valence-corrected chi connectivity index (χ4v) is 4.78. The summed E-state index contributed by atoms with van der Waals surface area (Å²) in [6.07, 6.45) is 36.8. The molecule has 0 radical (unpaired) electrons. The lowest BCUT2D eigenvalue weighted by Crippen LogP contribution is -2.01. The van der Waals surface area contributed by atoms with Crippen LogP contribution in [0.25, 0.3) is 0 Å². The van der Waals surface area contributed by atoms with E-state index in [0.717, 1.165) is 5.92 Å². The molecule has 0 aromatic heterocycles. The Labute approximate surface area is 187 Å². The van der Waals surface area contributed by atoms with Crippen LogP contribution in [-0.4, -0.2) is 0 Å². The Hall–Kier alpha value is 0. The number of hydrogen-bond donors (Lipinski definition) is 0. The van der Waals surface area contributed by atoms with Crippen molar-refractivity contribution in [2.75, 3.05) is 0 Å². The third-order valence-corrected chi connectivity index (χ3v) is 6.90. The average molecular weight is 409 g/mol. The van der Waals surface area contributed by atoms with Crippen molar-refractivity contribution in [2.24, 2.45) is 5.92 Å². The number of hydrogen-bond acceptors (Lipinski definition) is 0. The fraction of sp³-hybridized carbons (Fsp3) is 1.00. The third kappa shape index (κ3) is 24.1. The van der Waals surface area contributed by atoms with E-state index < -0.39 is 0 Å². The molecular formula is C29H60. The first kappa shape index (κ1) is 29.0. The largest absolute Gasteiger partial charge is 0.0654 e. The molecule has 0 N–H and O–H groups in total. The molecule has 176 valence electrons. The molecule has 0 nitrogen and oxygen atoms in total. The highest BCUT2D eigenvalue weighted by molar-refractivity contribution is 4.62. The van der Waals surface area contributed by atoms with Crippen LogP contribution in [0.2, 0.25) is 0 Å². The van der Waals surface area contributed by atoms with Gasteiger partial charge >= 0.3 is 0 Å². The quantitative estimate of drug-likeness (QED) is 0.132. The molecule has 29 heavy (non-hydrogen) atoms. The van der Waals surface area contributed by atoms with Crippen LogP contribution in [0.4, 0.5) is 0 Å². The van der Waals surface area contributed by atoms with Gasteiger partial charge in [0.05, 0.1) is 0 Å². The molecule has 0 aromatic rings. The Morgan fingerprint density at radius 3 is 0.724 bits per heavy atom. The highest BCUT2D eigenvalue weighted by atomic mass is 14.1. The summed E-state index contributed by atoms with van der Waals surface area (Å²) in [5.41, 5.74) is 0. The van der Waals surface area contributed by atoms with E-state index in [1.54, 1.807) is 0 Å². The van der Waals surface area contributed by atoms with Crippen molar-refractivity contribution < 1.29 is 0 Å². The monoisotopic (exact) mass is 408 g/mol. The van der Waals surface area contributed by atoms with Crippen molar-refractivity contribution in [1.29, 1.82) is 0 Å². The smallest absolute Gasteiger partial charge is 0.0414 e. The predicted molar refractivity (Wildman–Crippen MR) is 136 cm³/mol. The summed E-state index contributed by atoms with van der Waals surface area (Å²) in [6.45, 7) is 6.96. The minimum absolute atomic E-state index is 1.04. The highest BCUT2D eigenvalue weighted by Crippen LogP contribution is 2.24. The zero-order valence-corrected chi connectivity index (χ0v) is 21.3. The Balaban J connectivity index is 3.63. The third-order valence-electron chi connectivity index (χ3n) is 6.90. The molecular weight excluding hydrogens is 348 g/mol. The van der Waals surface area contributed by atoms with Crippen LogP contribution in [0.15, 0.2) is 0 Å². The normalized spacial score (nSPS) is 11.6. The van der Waals surface area contributed by atoms with Crippen LogP contribution < -0.4 is 0 Å². The zero-order valence-electron chi connectivity index (χ0n) is 21.3. The van der Waals surface area contributed by atoms with Crippen LogP contribution in [0.5, 0.6) is 0 Å². The molecule has 0 saturated heterocycles. The van der Waals surface area contributed by atoms with Crippen molar-refractivity contribution in [3.8, 4) is 0 Å². The highest BCUT2D eigenvalue weighted by Gasteiger charge is 2.08. The van der Waals surface area contributed by atoms with Crippen molar-refractivity contribution in [1.82, 2.24) is 0 Å². The van der Waals surface area contributed by atoms with Crippen LogP contribution in [-0.2, 0) is 0 Å². The van der Waals surface area contributed by atoms with Gasteiger partial charge in [0.2, 0.25) is 0 Å². The molecule has 0 amide bonds. The van der Waals surface area contributed by atoms with Gasteiger partial charge in [0.15, 0.2) is 0 Å². The van der Waals surface area contributed by atoms with Gasteiger partial charge in [0.1, 0.15) is 0 Å². The average Bonchev–Trinajstić information content (AvgIpc) is 2.73. The van der Waals surface area contributed by atoms with Crippen LogP contribution >= 0.6 is 0 Å². The maximum atomic E-state index is 2.33. The Morgan fingerprint density at radius 1 is 0.276 bits per heavy atom. The molecule has 0 saturated carbocycles. The van der Waals surface area contributed by atoms with Gasteiger partial charge in [-0.2, -0.15) is 0 Å². The number of rotatable bonds is 25.